The fourth-order valence-corrected chi connectivity index (χ4v) is 3.82. The van der Waals surface area contributed by atoms with Crippen molar-refractivity contribution < 1.29 is 9.90 Å². The molecule has 0 atom stereocenters. The normalized spacial score (nSPS) is 16.3. The lowest BCUT2D eigenvalue weighted by molar-refractivity contribution is -0.137. The Morgan fingerprint density at radius 3 is 3.27 bits per heavy atom. The molecular weight excluding hydrogens is 230 g/mol. The van der Waals surface area contributed by atoms with Gasteiger partial charge in [0.05, 0.1) is 4.21 Å². The molecule has 0 spiro atoms. The monoisotopic (exact) mass is 243 g/mol. The van der Waals surface area contributed by atoms with Gasteiger partial charge in [0.2, 0.25) is 0 Å². The molecule has 2 rings (SSSR count). The van der Waals surface area contributed by atoms with Crippen LogP contribution in [0.15, 0.2) is 15.7 Å². The first-order chi connectivity index (χ1) is 7.25. The minimum absolute atomic E-state index is 0.272. The van der Waals surface area contributed by atoms with Gasteiger partial charge in [-0.15, -0.1) is 11.3 Å². The van der Waals surface area contributed by atoms with Crippen LogP contribution in [-0.2, 0) is 11.2 Å². The molecule has 82 valence electrons. The summed E-state index contributed by atoms with van der Waals surface area (Å²) in [5.74, 6) is -0.700. The lowest BCUT2D eigenvalue weighted by Gasteiger charge is -2.24. The summed E-state index contributed by atoms with van der Waals surface area (Å²) in [6.45, 7) is 1.91. The van der Waals surface area contributed by atoms with Crippen molar-refractivity contribution in [1.29, 1.82) is 0 Å². The predicted molar refractivity (Wildman–Crippen MR) is 62.3 cm³/mol. The van der Waals surface area contributed by atoms with Crippen molar-refractivity contribution in [2.24, 2.45) is 0 Å². The van der Waals surface area contributed by atoms with Crippen molar-refractivity contribution in [2.45, 2.75) is 23.5 Å². The topological polar surface area (TPSA) is 40.5 Å². The van der Waals surface area contributed by atoms with E-state index in [2.05, 4.69) is 15.8 Å². The summed E-state index contributed by atoms with van der Waals surface area (Å²) in [6.07, 6.45) is 2.11. The van der Waals surface area contributed by atoms with E-state index in [1.807, 2.05) is 0 Å². The molecule has 0 bridgehead atoms. The van der Waals surface area contributed by atoms with E-state index in [4.69, 9.17) is 5.11 Å². The fourth-order valence-electron chi connectivity index (χ4n) is 1.56. The Morgan fingerprint density at radius 2 is 2.47 bits per heavy atom. The maximum atomic E-state index is 10.4. The van der Waals surface area contributed by atoms with Crippen LogP contribution >= 0.6 is 23.3 Å². The molecule has 0 unspecified atom stereocenters. The summed E-state index contributed by atoms with van der Waals surface area (Å²) in [7, 11) is 0. The first kappa shape index (κ1) is 11.0. The highest BCUT2D eigenvalue weighted by Crippen LogP contribution is 2.35. The minimum atomic E-state index is -0.700. The molecule has 2 heterocycles. The Labute approximate surface area is 97.2 Å². The third-order valence-electron chi connectivity index (χ3n) is 2.35. The number of carbonyl (C=O) groups is 1. The highest BCUT2D eigenvalue weighted by Gasteiger charge is 2.17. The zero-order valence-corrected chi connectivity index (χ0v) is 9.94. The summed E-state index contributed by atoms with van der Waals surface area (Å²) in [4.78, 5) is 10.4. The van der Waals surface area contributed by atoms with Crippen LogP contribution in [0.1, 0.15) is 18.4 Å². The van der Waals surface area contributed by atoms with E-state index in [1.165, 1.54) is 9.77 Å². The van der Waals surface area contributed by atoms with Crippen molar-refractivity contribution in [3.8, 4) is 0 Å². The molecule has 1 aromatic rings. The molecule has 0 fully saturated rings. The molecule has 0 amide bonds. The number of hydrogen-bond donors (Lipinski definition) is 1. The van der Waals surface area contributed by atoms with Crippen LogP contribution in [-0.4, -0.2) is 28.5 Å². The van der Waals surface area contributed by atoms with E-state index in [0.717, 1.165) is 25.9 Å². The van der Waals surface area contributed by atoms with E-state index in [1.54, 1.807) is 23.3 Å². The summed E-state index contributed by atoms with van der Waals surface area (Å²) < 4.78 is 3.64. The van der Waals surface area contributed by atoms with Crippen LogP contribution in [0, 0.1) is 0 Å². The van der Waals surface area contributed by atoms with Gasteiger partial charge in [0, 0.05) is 19.5 Å². The maximum absolute atomic E-state index is 10.4. The number of fused-ring (bicyclic) bond motifs is 1. The van der Waals surface area contributed by atoms with Crippen LogP contribution < -0.4 is 0 Å². The van der Waals surface area contributed by atoms with E-state index >= 15 is 0 Å². The second-order valence-corrected chi connectivity index (χ2v) is 5.78. The highest BCUT2D eigenvalue weighted by atomic mass is 32.2. The number of carboxylic acids is 1. The minimum Gasteiger partial charge on any atom is -0.481 e. The fraction of sp³-hybridized carbons (Fsp3) is 0.500. The number of carboxylic acid groups (broad SMARTS) is 1. The Balaban J connectivity index is 1.80. The van der Waals surface area contributed by atoms with Crippen LogP contribution in [0.3, 0.4) is 0 Å². The van der Waals surface area contributed by atoms with Crippen molar-refractivity contribution in [2.75, 3.05) is 13.1 Å². The first-order valence-corrected chi connectivity index (χ1v) is 6.62. The molecule has 0 saturated heterocycles. The largest absolute Gasteiger partial charge is 0.481 e. The second kappa shape index (κ2) is 5.01. The molecule has 5 heteroatoms. The van der Waals surface area contributed by atoms with Gasteiger partial charge in [0.15, 0.2) is 0 Å². The molecule has 1 aliphatic heterocycles. The standard InChI is InChI=1S/C10H13NO2S2/c12-9(13)2-1-5-11-6-3-8-4-7-14-10(8)15-11/h4,7H,1-3,5-6H2,(H,12,13). The van der Waals surface area contributed by atoms with Crippen LogP contribution in [0.5, 0.6) is 0 Å². The smallest absolute Gasteiger partial charge is 0.303 e. The molecule has 1 aromatic heterocycles. The number of aliphatic carboxylic acids is 1. The van der Waals surface area contributed by atoms with Crippen LogP contribution in [0.2, 0.25) is 0 Å². The van der Waals surface area contributed by atoms with E-state index in [-0.39, 0.29) is 6.42 Å². The van der Waals surface area contributed by atoms with Gasteiger partial charge in [-0.05, 0) is 41.8 Å². The van der Waals surface area contributed by atoms with E-state index < -0.39 is 5.97 Å². The first-order valence-electron chi connectivity index (χ1n) is 4.97. The highest BCUT2D eigenvalue weighted by molar-refractivity contribution is 7.99. The van der Waals surface area contributed by atoms with Gasteiger partial charge in [-0.3, -0.25) is 4.79 Å². The summed E-state index contributed by atoms with van der Waals surface area (Å²) in [6, 6.07) is 2.18. The predicted octanol–water partition coefficient (Wildman–Crippen LogP) is 2.48. The number of nitrogens with zero attached hydrogens (tertiary/aromatic N) is 1. The SMILES string of the molecule is O=C(O)CCCN1CCc2ccsc2S1. The molecule has 1 aliphatic rings. The zero-order valence-electron chi connectivity index (χ0n) is 8.31. The van der Waals surface area contributed by atoms with Crippen molar-refractivity contribution in [3.05, 3.63) is 17.0 Å². The van der Waals surface area contributed by atoms with Crippen molar-refractivity contribution >= 4 is 29.3 Å². The number of hydrogen-bond acceptors (Lipinski definition) is 4. The van der Waals surface area contributed by atoms with Gasteiger partial charge >= 0.3 is 5.97 Å². The number of rotatable bonds is 4. The molecule has 1 N–H and O–H groups in total. The second-order valence-electron chi connectivity index (χ2n) is 3.50. The Bertz CT molecular complexity index is 351. The van der Waals surface area contributed by atoms with Gasteiger partial charge in [-0.1, -0.05) is 0 Å². The quantitative estimate of drug-likeness (QED) is 0.825. The van der Waals surface area contributed by atoms with Gasteiger partial charge < -0.3 is 5.11 Å². The lowest BCUT2D eigenvalue weighted by atomic mass is 10.2. The molecule has 0 saturated carbocycles. The third-order valence-corrected chi connectivity index (χ3v) is 4.66. The zero-order chi connectivity index (χ0) is 10.7. The molecule has 3 nitrogen and oxygen atoms in total. The Kier molecular flexibility index (Phi) is 3.66. The summed E-state index contributed by atoms with van der Waals surface area (Å²) in [5.41, 5.74) is 1.44. The molecule has 0 aliphatic carbocycles. The van der Waals surface area contributed by atoms with E-state index in [0.29, 0.717) is 0 Å². The van der Waals surface area contributed by atoms with Crippen LogP contribution in [0.4, 0.5) is 0 Å². The Hall–Kier alpha value is -0.520. The van der Waals surface area contributed by atoms with Crippen LogP contribution in [0.25, 0.3) is 0 Å². The van der Waals surface area contributed by atoms with Gasteiger partial charge in [0.1, 0.15) is 0 Å². The molecule has 0 aromatic carbocycles. The molecule has 15 heavy (non-hydrogen) atoms. The summed E-state index contributed by atoms with van der Waals surface area (Å²) >= 11 is 3.55. The Morgan fingerprint density at radius 1 is 1.60 bits per heavy atom. The third kappa shape index (κ3) is 2.96. The maximum Gasteiger partial charge on any atom is 0.303 e. The summed E-state index contributed by atoms with van der Waals surface area (Å²) in [5, 5.41) is 10.7. The molecule has 0 radical (unpaired) electrons. The van der Waals surface area contributed by atoms with Crippen molar-refractivity contribution in [1.82, 2.24) is 4.31 Å². The average molecular weight is 243 g/mol. The van der Waals surface area contributed by atoms with Gasteiger partial charge in [-0.2, -0.15) is 0 Å². The van der Waals surface area contributed by atoms with Gasteiger partial charge in [0.25, 0.3) is 0 Å². The molecular formula is C10H13NO2S2. The lowest BCUT2D eigenvalue weighted by Crippen LogP contribution is -2.23. The average Bonchev–Trinajstić information content (AvgIpc) is 2.64. The van der Waals surface area contributed by atoms with Gasteiger partial charge in [-0.25, -0.2) is 4.31 Å². The van der Waals surface area contributed by atoms with Crippen molar-refractivity contribution in [3.63, 3.8) is 0 Å². The number of thiophene rings is 1. The van der Waals surface area contributed by atoms with E-state index in [9.17, 15) is 4.79 Å².